The van der Waals surface area contributed by atoms with Crippen LogP contribution in [0.1, 0.15) is 5.56 Å². The van der Waals surface area contributed by atoms with Crippen molar-refractivity contribution < 1.29 is 9.47 Å². The summed E-state index contributed by atoms with van der Waals surface area (Å²) in [6.07, 6.45) is 0. The Balaban J connectivity index is 2.06. The molecule has 0 bridgehead atoms. The van der Waals surface area contributed by atoms with E-state index < -0.39 is 0 Å². The maximum absolute atomic E-state index is 6.06. The molecule has 1 heterocycles. The second-order valence-corrected chi connectivity index (χ2v) is 5.09. The summed E-state index contributed by atoms with van der Waals surface area (Å²) in [4.78, 5) is 9.02. The fourth-order valence-corrected chi connectivity index (χ4v) is 2.36. The third-order valence-electron chi connectivity index (χ3n) is 3.58. The molecular formula is C17H18N4O2. The summed E-state index contributed by atoms with van der Waals surface area (Å²) in [5.74, 6) is 2.18. The summed E-state index contributed by atoms with van der Waals surface area (Å²) >= 11 is 0. The highest BCUT2D eigenvalue weighted by molar-refractivity contribution is 5.84. The molecule has 0 aliphatic heterocycles. The van der Waals surface area contributed by atoms with E-state index in [1.54, 1.807) is 14.2 Å². The first-order chi connectivity index (χ1) is 11.1. The van der Waals surface area contributed by atoms with Gasteiger partial charge in [0.2, 0.25) is 0 Å². The summed E-state index contributed by atoms with van der Waals surface area (Å²) < 4.78 is 10.6. The van der Waals surface area contributed by atoms with Gasteiger partial charge in [-0.2, -0.15) is 0 Å². The van der Waals surface area contributed by atoms with E-state index in [0.717, 1.165) is 16.6 Å². The van der Waals surface area contributed by atoms with Crippen LogP contribution in [0.15, 0.2) is 36.4 Å². The molecule has 0 fully saturated rings. The number of hydrogen-bond donors (Lipinski definition) is 2. The van der Waals surface area contributed by atoms with E-state index in [2.05, 4.69) is 15.3 Å². The Bertz CT molecular complexity index is 865. The van der Waals surface area contributed by atoms with Crippen LogP contribution in [0.4, 0.5) is 17.3 Å². The van der Waals surface area contributed by atoms with Crippen LogP contribution in [0.5, 0.6) is 11.5 Å². The Morgan fingerprint density at radius 3 is 2.61 bits per heavy atom. The Morgan fingerprint density at radius 2 is 1.87 bits per heavy atom. The Hall–Kier alpha value is -3.02. The summed E-state index contributed by atoms with van der Waals surface area (Å²) in [6.45, 7) is 1.98. The molecule has 0 radical (unpaired) electrons. The lowest BCUT2D eigenvalue weighted by molar-refractivity contribution is 0.405. The predicted octanol–water partition coefficient (Wildman–Crippen LogP) is 3.28. The van der Waals surface area contributed by atoms with Crippen LogP contribution in [-0.4, -0.2) is 24.2 Å². The highest BCUT2D eigenvalue weighted by Crippen LogP contribution is 2.32. The molecular weight excluding hydrogens is 292 g/mol. The molecule has 0 atom stereocenters. The van der Waals surface area contributed by atoms with Gasteiger partial charge in [-0.1, -0.05) is 12.1 Å². The predicted molar refractivity (Wildman–Crippen MR) is 91.5 cm³/mol. The summed E-state index contributed by atoms with van der Waals surface area (Å²) in [5.41, 5.74) is 9.38. The van der Waals surface area contributed by atoms with E-state index >= 15 is 0 Å². The number of aromatic nitrogens is 2. The number of aryl methyl sites for hydroxylation is 1. The fourth-order valence-electron chi connectivity index (χ4n) is 2.36. The third-order valence-corrected chi connectivity index (χ3v) is 3.58. The van der Waals surface area contributed by atoms with E-state index in [1.165, 1.54) is 0 Å². The highest BCUT2D eigenvalue weighted by Gasteiger charge is 2.11. The molecule has 0 spiro atoms. The second kappa shape index (κ2) is 6.00. The van der Waals surface area contributed by atoms with Crippen molar-refractivity contribution in [1.29, 1.82) is 0 Å². The number of fused-ring (bicyclic) bond motifs is 1. The van der Waals surface area contributed by atoms with Gasteiger partial charge in [0, 0.05) is 6.07 Å². The number of rotatable bonds is 4. The zero-order valence-electron chi connectivity index (χ0n) is 13.3. The largest absolute Gasteiger partial charge is 0.497 e. The molecule has 3 aromatic rings. The molecule has 0 saturated heterocycles. The highest BCUT2D eigenvalue weighted by atomic mass is 16.5. The number of anilines is 3. The van der Waals surface area contributed by atoms with Gasteiger partial charge < -0.3 is 20.5 Å². The standard InChI is InChI=1S/C17H18N4O2/c1-10-5-4-6-12-15(10)21-16(18)17(19-12)20-13-9-11(22-2)7-8-14(13)23-3/h4-9H,1-3H3,(H2,18,21)(H,19,20). The first-order valence-corrected chi connectivity index (χ1v) is 7.14. The lowest BCUT2D eigenvalue weighted by Crippen LogP contribution is -2.04. The second-order valence-electron chi connectivity index (χ2n) is 5.09. The number of nitrogen functional groups attached to an aromatic ring is 1. The molecule has 0 unspecified atom stereocenters. The molecule has 3 rings (SSSR count). The lowest BCUT2D eigenvalue weighted by atomic mass is 10.2. The number of hydrogen-bond acceptors (Lipinski definition) is 6. The molecule has 0 amide bonds. The number of nitrogens with one attached hydrogen (secondary N) is 1. The van der Waals surface area contributed by atoms with E-state index in [-0.39, 0.29) is 0 Å². The number of nitrogens with zero attached hydrogens (tertiary/aromatic N) is 2. The van der Waals surface area contributed by atoms with Gasteiger partial charge in [-0.25, -0.2) is 9.97 Å². The van der Waals surface area contributed by atoms with Gasteiger partial charge in [0.25, 0.3) is 0 Å². The number of para-hydroxylation sites is 1. The molecule has 3 N–H and O–H groups in total. The Labute approximate surface area is 134 Å². The monoisotopic (exact) mass is 310 g/mol. The van der Waals surface area contributed by atoms with E-state index in [0.29, 0.717) is 28.8 Å². The first-order valence-electron chi connectivity index (χ1n) is 7.14. The van der Waals surface area contributed by atoms with Crippen molar-refractivity contribution in [3.63, 3.8) is 0 Å². The van der Waals surface area contributed by atoms with Gasteiger partial charge in [0.1, 0.15) is 11.5 Å². The average molecular weight is 310 g/mol. The van der Waals surface area contributed by atoms with E-state index in [4.69, 9.17) is 15.2 Å². The summed E-state index contributed by atoms with van der Waals surface area (Å²) in [6, 6.07) is 11.3. The van der Waals surface area contributed by atoms with Crippen molar-refractivity contribution in [1.82, 2.24) is 9.97 Å². The van der Waals surface area contributed by atoms with Crippen molar-refractivity contribution >= 4 is 28.4 Å². The normalized spacial score (nSPS) is 10.6. The number of ether oxygens (including phenoxy) is 2. The topological polar surface area (TPSA) is 82.3 Å². The van der Waals surface area contributed by atoms with Gasteiger partial charge in [-0.3, -0.25) is 0 Å². The molecule has 1 aromatic heterocycles. The van der Waals surface area contributed by atoms with Crippen molar-refractivity contribution in [3.8, 4) is 11.5 Å². The zero-order valence-corrected chi connectivity index (χ0v) is 13.3. The van der Waals surface area contributed by atoms with E-state index in [1.807, 2.05) is 43.3 Å². The SMILES string of the molecule is COc1ccc(OC)c(Nc2nc3cccc(C)c3nc2N)c1. The van der Waals surface area contributed by atoms with Crippen LogP contribution in [0, 0.1) is 6.92 Å². The fraction of sp³-hybridized carbons (Fsp3) is 0.176. The maximum atomic E-state index is 6.06. The first kappa shape index (κ1) is 14.9. The van der Waals surface area contributed by atoms with Gasteiger partial charge in [0.05, 0.1) is 30.9 Å². The smallest absolute Gasteiger partial charge is 0.174 e. The Morgan fingerprint density at radius 1 is 1.04 bits per heavy atom. The summed E-state index contributed by atoms with van der Waals surface area (Å²) in [5, 5.41) is 3.17. The van der Waals surface area contributed by atoms with Crippen molar-refractivity contribution in [2.45, 2.75) is 6.92 Å². The van der Waals surface area contributed by atoms with Crippen LogP contribution in [0.3, 0.4) is 0 Å². The summed E-state index contributed by atoms with van der Waals surface area (Å²) in [7, 11) is 3.21. The van der Waals surface area contributed by atoms with Crippen LogP contribution >= 0.6 is 0 Å². The molecule has 118 valence electrons. The van der Waals surface area contributed by atoms with Crippen LogP contribution in [0.25, 0.3) is 11.0 Å². The Kier molecular flexibility index (Phi) is 3.89. The number of nitrogens with two attached hydrogens (primary N) is 1. The maximum Gasteiger partial charge on any atom is 0.174 e. The zero-order chi connectivity index (χ0) is 16.4. The molecule has 6 nitrogen and oxygen atoms in total. The van der Waals surface area contributed by atoms with Crippen LogP contribution in [-0.2, 0) is 0 Å². The van der Waals surface area contributed by atoms with E-state index in [9.17, 15) is 0 Å². The third kappa shape index (κ3) is 2.83. The number of methoxy groups -OCH3 is 2. The molecule has 2 aromatic carbocycles. The van der Waals surface area contributed by atoms with Crippen LogP contribution in [0.2, 0.25) is 0 Å². The van der Waals surface area contributed by atoms with Crippen molar-refractivity contribution in [3.05, 3.63) is 42.0 Å². The van der Waals surface area contributed by atoms with Gasteiger partial charge >= 0.3 is 0 Å². The minimum absolute atomic E-state index is 0.330. The van der Waals surface area contributed by atoms with Gasteiger partial charge in [-0.15, -0.1) is 0 Å². The molecule has 0 aliphatic carbocycles. The minimum Gasteiger partial charge on any atom is -0.497 e. The molecule has 23 heavy (non-hydrogen) atoms. The van der Waals surface area contributed by atoms with Gasteiger partial charge in [0.15, 0.2) is 11.6 Å². The molecule has 0 aliphatic rings. The van der Waals surface area contributed by atoms with Crippen LogP contribution < -0.4 is 20.5 Å². The average Bonchev–Trinajstić information content (AvgIpc) is 2.56. The number of benzene rings is 2. The van der Waals surface area contributed by atoms with Crippen molar-refractivity contribution in [2.24, 2.45) is 0 Å². The molecule has 0 saturated carbocycles. The molecule has 6 heteroatoms. The quantitative estimate of drug-likeness (QED) is 0.769. The lowest BCUT2D eigenvalue weighted by Gasteiger charge is -2.14. The minimum atomic E-state index is 0.330. The van der Waals surface area contributed by atoms with Gasteiger partial charge in [-0.05, 0) is 30.7 Å². The van der Waals surface area contributed by atoms with Crippen molar-refractivity contribution in [2.75, 3.05) is 25.3 Å².